The average molecular weight is 410 g/mol. The molecule has 0 amide bonds. The molecule has 0 aliphatic carbocycles. The van der Waals surface area contributed by atoms with Crippen LogP contribution in [-0.2, 0) is 17.7 Å². The third-order valence-corrected chi connectivity index (χ3v) is 5.22. The second-order valence-electron chi connectivity index (χ2n) is 8.29. The summed E-state index contributed by atoms with van der Waals surface area (Å²) in [5.41, 5.74) is 5.10. The molecule has 1 aliphatic heterocycles. The highest BCUT2D eigenvalue weighted by molar-refractivity contribution is 5.79. The van der Waals surface area contributed by atoms with Crippen LogP contribution in [0.15, 0.2) is 41.5 Å². The van der Waals surface area contributed by atoms with Gasteiger partial charge in [-0.2, -0.15) is 0 Å². The Bertz CT molecular complexity index is 819. The number of hydrogen-bond donors (Lipinski definition) is 2. The van der Waals surface area contributed by atoms with Gasteiger partial charge in [-0.15, -0.1) is 0 Å². The highest BCUT2D eigenvalue weighted by atomic mass is 16.5. The minimum atomic E-state index is 0.231. The summed E-state index contributed by atoms with van der Waals surface area (Å²) in [7, 11) is 1.80. The fourth-order valence-corrected chi connectivity index (χ4v) is 4.02. The lowest BCUT2D eigenvalue weighted by molar-refractivity contribution is -0.00545. The summed E-state index contributed by atoms with van der Waals surface area (Å²) in [5, 5.41) is 6.77. The van der Waals surface area contributed by atoms with Gasteiger partial charge in [-0.05, 0) is 51.3 Å². The molecule has 2 aromatic rings. The maximum Gasteiger partial charge on any atom is 0.191 e. The van der Waals surface area contributed by atoms with E-state index in [1.807, 2.05) is 6.20 Å². The standard InChI is InChI=1S/C24H35N5O/c1-17-10-18(2)12-21(11-17)8-9-26-24(25-5)28-14-22-6-7-23(27-13-22)29-15-19(3)30-20(4)16-29/h6-7,10-13,19-20H,8-9,14-16H2,1-5H3,(H2,25,26,28). The van der Waals surface area contributed by atoms with Crippen LogP contribution in [0.2, 0.25) is 0 Å². The predicted octanol–water partition coefficient (Wildman–Crippen LogP) is 3.22. The lowest BCUT2D eigenvalue weighted by Crippen LogP contribution is -2.45. The van der Waals surface area contributed by atoms with Crippen LogP contribution in [0.3, 0.4) is 0 Å². The fourth-order valence-electron chi connectivity index (χ4n) is 4.02. The number of anilines is 1. The van der Waals surface area contributed by atoms with E-state index >= 15 is 0 Å². The van der Waals surface area contributed by atoms with Crippen LogP contribution < -0.4 is 15.5 Å². The quantitative estimate of drug-likeness (QED) is 0.567. The van der Waals surface area contributed by atoms with Crippen LogP contribution in [0.25, 0.3) is 0 Å². The Morgan fingerprint density at radius 2 is 1.77 bits per heavy atom. The summed E-state index contributed by atoms with van der Waals surface area (Å²) < 4.78 is 5.81. The van der Waals surface area contributed by atoms with Gasteiger partial charge in [0, 0.05) is 39.4 Å². The predicted molar refractivity (Wildman–Crippen MR) is 124 cm³/mol. The van der Waals surface area contributed by atoms with E-state index in [0.29, 0.717) is 6.54 Å². The molecule has 1 aliphatic rings. The molecule has 2 unspecified atom stereocenters. The second kappa shape index (κ2) is 10.4. The van der Waals surface area contributed by atoms with Crippen molar-refractivity contribution in [1.82, 2.24) is 15.6 Å². The van der Waals surface area contributed by atoms with E-state index in [2.05, 4.69) is 83.5 Å². The van der Waals surface area contributed by atoms with Crippen molar-refractivity contribution in [2.24, 2.45) is 4.99 Å². The third-order valence-electron chi connectivity index (χ3n) is 5.22. The van der Waals surface area contributed by atoms with Crippen LogP contribution >= 0.6 is 0 Å². The minimum Gasteiger partial charge on any atom is -0.372 e. The number of rotatable bonds is 6. The number of hydrogen-bond acceptors (Lipinski definition) is 4. The third kappa shape index (κ3) is 6.46. The second-order valence-corrected chi connectivity index (χ2v) is 8.29. The first-order valence-electron chi connectivity index (χ1n) is 10.8. The normalized spacial score (nSPS) is 19.6. The van der Waals surface area contributed by atoms with Crippen LogP contribution in [0, 0.1) is 13.8 Å². The van der Waals surface area contributed by atoms with Crippen molar-refractivity contribution in [3.63, 3.8) is 0 Å². The molecular formula is C24H35N5O. The average Bonchev–Trinajstić information content (AvgIpc) is 2.69. The van der Waals surface area contributed by atoms with Crippen LogP contribution in [0.5, 0.6) is 0 Å². The molecule has 0 bridgehead atoms. The molecule has 1 saturated heterocycles. The van der Waals surface area contributed by atoms with Gasteiger partial charge in [-0.1, -0.05) is 35.4 Å². The maximum atomic E-state index is 5.81. The zero-order chi connectivity index (χ0) is 21.5. The smallest absolute Gasteiger partial charge is 0.191 e. The van der Waals surface area contributed by atoms with E-state index in [1.54, 1.807) is 7.05 Å². The summed E-state index contributed by atoms with van der Waals surface area (Å²) in [4.78, 5) is 11.3. The largest absolute Gasteiger partial charge is 0.372 e. The van der Waals surface area contributed by atoms with Crippen molar-refractivity contribution in [3.8, 4) is 0 Å². The number of ether oxygens (including phenoxy) is 1. The van der Waals surface area contributed by atoms with Gasteiger partial charge in [0.2, 0.25) is 0 Å². The minimum absolute atomic E-state index is 0.231. The lowest BCUT2D eigenvalue weighted by atomic mass is 10.1. The molecule has 6 heteroatoms. The number of aryl methyl sites for hydroxylation is 2. The molecule has 30 heavy (non-hydrogen) atoms. The molecular weight excluding hydrogens is 374 g/mol. The highest BCUT2D eigenvalue weighted by Gasteiger charge is 2.22. The van der Waals surface area contributed by atoms with E-state index < -0.39 is 0 Å². The summed E-state index contributed by atoms with van der Waals surface area (Å²) in [5.74, 6) is 1.82. The van der Waals surface area contributed by atoms with Crippen molar-refractivity contribution in [2.45, 2.75) is 52.9 Å². The Balaban J connectivity index is 1.46. The molecule has 1 aromatic heterocycles. The van der Waals surface area contributed by atoms with E-state index in [-0.39, 0.29) is 12.2 Å². The molecule has 0 spiro atoms. The Morgan fingerprint density at radius 3 is 2.37 bits per heavy atom. The molecule has 2 N–H and O–H groups in total. The molecule has 3 rings (SSSR count). The van der Waals surface area contributed by atoms with Crippen molar-refractivity contribution in [3.05, 3.63) is 58.8 Å². The van der Waals surface area contributed by atoms with Gasteiger partial charge in [0.05, 0.1) is 12.2 Å². The molecule has 0 saturated carbocycles. The number of aromatic nitrogens is 1. The van der Waals surface area contributed by atoms with Crippen LogP contribution in [0.1, 0.15) is 36.1 Å². The van der Waals surface area contributed by atoms with Gasteiger partial charge in [0.15, 0.2) is 5.96 Å². The molecule has 162 valence electrons. The molecule has 2 atom stereocenters. The first-order chi connectivity index (χ1) is 14.4. The Kier molecular flexibility index (Phi) is 7.69. The topological polar surface area (TPSA) is 61.8 Å². The number of nitrogens with zero attached hydrogens (tertiary/aromatic N) is 3. The van der Waals surface area contributed by atoms with Crippen molar-refractivity contribution >= 4 is 11.8 Å². The molecule has 1 fully saturated rings. The summed E-state index contributed by atoms with van der Waals surface area (Å²) in [6.45, 7) is 11.8. The van der Waals surface area contributed by atoms with E-state index in [4.69, 9.17) is 4.74 Å². The molecule has 6 nitrogen and oxygen atoms in total. The van der Waals surface area contributed by atoms with E-state index in [9.17, 15) is 0 Å². The lowest BCUT2D eigenvalue weighted by Gasteiger charge is -2.36. The number of nitrogens with one attached hydrogen (secondary N) is 2. The van der Waals surface area contributed by atoms with Crippen molar-refractivity contribution < 1.29 is 4.74 Å². The Morgan fingerprint density at radius 1 is 1.07 bits per heavy atom. The highest BCUT2D eigenvalue weighted by Crippen LogP contribution is 2.18. The van der Waals surface area contributed by atoms with Gasteiger partial charge in [-0.3, -0.25) is 4.99 Å². The molecule has 0 radical (unpaired) electrons. The van der Waals surface area contributed by atoms with E-state index in [0.717, 1.165) is 43.4 Å². The zero-order valence-electron chi connectivity index (χ0n) is 18.9. The van der Waals surface area contributed by atoms with Gasteiger partial charge < -0.3 is 20.3 Å². The van der Waals surface area contributed by atoms with Gasteiger partial charge in [0.1, 0.15) is 5.82 Å². The first-order valence-corrected chi connectivity index (χ1v) is 10.8. The number of aliphatic imine (C=N–C) groups is 1. The number of benzene rings is 1. The fraction of sp³-hybridized carbons (Fsp3) is 0.500. The van der Waals surface area contributed by atoms with Gasteiger partial charge >= 0.3 is 0 Å². The van der Waals surface area contributed by atoms with E-state index in [1.165, 1.54) is 16.7 Å². The molecule has 1 aromatic carbocycles. The number of pyridine rings is 1. The number of morpholine rings is 1. The van der Waals surface area contributed by atoms with Gasteiger partial charge in [-0.25, -0.2) is 4.98 Å². The van der Waals surface area contributed by atoms with Crippen LogP contribution in [-0.4, -0.2) is 49.8 Å². The Hall–Kier alpha value is -2.60. The Labute approximate surface area is 180 Å². The summed E-state index contributed by atoms with van der Waals surface area (Å²) in [6, 6.07) is 10.9. The first kappa shape index (κ1) is 22.1. The molecule has 2 heterocycles. The van der Waals surface area contributed by atoms with Crippen LogP contribution in [0.4, 0.5) is 5.82 Å². The SMILES string of the molecule is CN=C(NCCc1cc(C)cc(C)c1)NCc1ccc(N2CC(C)OC(C)C2)nc1. The zero-order valence-corrected chi connectivity index (χ0v) is 18.9. The summed E-state index contributed by atoms with van der Waals surface area (Å²) in [6.07, 6.45) is 3.37. The van der Waals surface area contributed by atoms with Crippen molar-refractivity contribution in [1.29, 1.82) is 0 Å². The van der Waals surface area contributed by atoms with Gasteiger partial charge in [0.25, 0.3) is 0 Å². The number of guanidine groups is 1. The van der Waals surface area contributed by atoms with Crippen molar-refractivity contribution in [2.75, 3.05) is 31.6 Å². The maximum absolute atomic E-state index is 5.81. The monoisotopic (exact) mass is 409 g/mol. The summed E-state index contributed by atoms with van der Waals surface area (Å²) >= 11 is 0.